The minimum absolute atomic E-state index is 0.0277. The van der Waals surface area contributed by atoms with Crippen LogP contribution in [0.15, 0.2) is 67.0 Å². The number of nitrogens with one attached hydrogen (secondary N) is 1. The lowest BCUT2D eigenvalue weighted by Crippen LogP contribution is -2.20. The Morgan fingerprint density at radius 3 is 2.39 bits per heavy atom. The van der Waals surface area contributed by atoms with Crippen molar-refractivity contribution in [1.82, 2.24) is 9.97 Å². The molecule has 0 aliphatic heterocycles. The number of carbonyl (C=O) groups excluding carboxylic acids is 1. The van der Waals surface area contributed by atoms with Crippen LogP contribution >= 0.6 is 0 Å². The number of nitrogens with zero attached hydrogens (tertiary/aromatic N) is 2. The number of aromatic nitrogens is 2. The fourth-order valence-electron chi connectivity index (χ4n) is 3.08. The summed E-state index contributed by atoms with van der Waals surface area (Å²) >= 11 is 0. The van der Waals surface area contributed by atoms with Gasteiger partial charge in [-0.15, -0.1) is 0 Å². The normalized spacial score (nSPS) is 10.5. The monoisotopic (exact) mass is 447 g/mol. The number of fused-ring (bicyclic) bond motifs is 1. The molecule has 168 valence electrons. The van der Waals surface area contributed by atoms with E-state index in [-0.39, 0.29) is 24.0 Å². The number of rotatable bonds is 8. The number of benzene rings is 3. The predicted octanol–water partition coefficient (Wildman–Crippen LogP) is 4.16. The van der Waals surface area contributed by atoms with Crippen molar-refractivity contribution in [3.63, 3.8) is 0 Å². The van der Waals surface area contributed by atoms with Crippen molar-refractivity contribution >= 4 is 22.5 Å². The maximum Gasteiger partial charge on any atom is 0.262 e. The van der Waals surface area contributed by atoms with Crippen LogP contribution < -0.4 is 24.3 Å². The van der Waals surface area contributed by atoms with Crippen LogP contribution in [0.4, 0.5) is 5.69 Å². The molecule has 0 bridgehead atoms. The zero-order valence-corrected chi connectivity index (χ0v) is 17.9. The molecule has 0 aliphatic carbocycles. The smallest absolute Gasteiger partial charge is 0.262 e. The van der Waals surface area contributed by atoms with E-state index in [9.17, 15) is 9.90 Å². The third-order valence-corrected chi connectivity index (χ3v) is 4.68. The molecule has 4 rings (SSSR count). The summed E-state index contributed by atoms with van der Waals surface area (Å²) in [5.74, 6) is 1.81. The molecule has 0 saturated carbocycles. The van der Waals surface area contributed by atoms with Gasteiger partial charge in [-0.1, -0.05) is 12.1 Å². The Labute approximate surface area is 189 Å². The van der Waals surface area contributed by atoms with E-state index in [1.165, 1.54) is 12.4 Å². The number of phenols is 1. The molecule has 4 aromatic rings. The third-order valence-electron chi connectivity index (χ3n) is 4.68. The van der Waals surface area contributed by atoms with Gasteiger partial charge in [-0.3, -0.25) is 4.79 Å². The molecular formula is C24H21N3O6. The summed E-state index contributed by atoms with van der Waals surface area (Å²) in [6, 6.07) is 16.7. The quantitative estimate of drug-likeness (QED) is 0.414. The summed E-state index contributed by atoms with van der Waals surface area (Å²) in [4.78, 5) is 20.6. The van der Waals surface area contributed by atoms with Gasteiger partial charge in [0, 0.05) is 11.8 Å². The van der Waals surface area contributed by atoms with Crippen molar-refractivity contribution < 1.29 is 28.8 Å². The fourth-order valence-corrected chi connectivity index (χ4v) is 3.08. The van der Waals surface area contributed by atoms with E-state index in [2.05, 4.69) is 15.3 Å². The standard InChI is InChI=1S/C24H21N3O6/c1-30-21-11-17-18(12-22(21)31-2)25-14-26-24(17)33-16-9-7-15(8-10-16)27-23(29)13-32-20-6-4-3-5-19(20)28/h3-12,14,28H,13H2,1-2H3,(H,27,29). The molecule has 9 nitrogen and oxygen atoms in total. The zero-order chi connectivity index (χ0) is 23.2. The van der Waals surface area contributed by atoms with E-state index in [0.29, 0.717) is 39.7 Å². The van der Waals surface area contributed by atoms with Crippen LogP contribution in [0.3, 0.4) is 0 Å². The summed E-state index contributed by atoms with van der Waals surface area (Å²) in [5, 5.41) is 13.1. The van der Waals surface area contributed by atoms with Crippen LogP contribution in [-0.2, 0) is 4.79 Å². The second-order valence-electron chi connectivity index (χ2n) is 6.83. The van der Waals surface area contributed by atoms with Crippen LogP contribution in [0.2, 0.25) is 0 Å². The van der Waals surface area contributed by atoms with Crippen molar-refractivity contribution in [3.8, 4) is 34.6 Å². The average molecular weight is 447 g/mol. The van der Waals surface area contributed by atoms with Gasteiger partial charge in [0.25, 0.3) is 5.91 Å². The number of ether oxygens (including phenoxy) is 4. The summed E-state index contributed by atoms with van der Waals surface area (Å²) in [7, 11) is 3.11. The number of carbonyl (C=O) groups is 1. The maximum atomic E-state index is 12.1. The molecular weight excluding hydrogens is 426 g/mol. The lowest BCUT2D eigenvalue weighted by atomic mass is 10.2. The summed E-state index contributed by atoms with van der Waals surface area (Å²) in [5.41, 5.74) is 1.21. The van der Waals surface area contributed by atoms with Crippen LogP contribution in [0.25, 0.3) is 10.9 Å². The molecule has 0 atom stereocenters. The van der Waals surface area contributed by atoms with Gasteiger partial charge in [0.1, 0.15) is 12.1 Å². The van der Waals surface area contributed by atoms with Crippen molar-refractivity contribution in [2.75, 3.05) is 26.1 Å². The van der Waals surface area contributed by atoms with Gasteiger partial charge in [-0.25, -0.2) is 9.97 Å². The summed E-state index contributed by atoms with van der Waals surface area (Å²) < 4.78 is 21.9. The van der Waals surface area contributed by atoms with Gasteiger partial charge >= 0.3 is 0 Å². The number of anilines is 1. The molecule has 0 aliphatic rings. The van der Waals surface area contributed by atoms with Crippen molar-refractivity contribution in [1.29, 1.82) is 0 Å². The van der Waals surface area contributed by atoms with Crippen molar-refractivity contribution in [2.24, 2.45) is 0 Å². The fraction of sp³-hybridized carbons (Fsp3) is 0.125. The van der Waals surface area contributed by atoms with E-state index in [1.807, 2.05) is 0 Å². The molecule has 1 aromatic heterocycles. The Morgan fingerprint density at radius 2 is 1.67 bits per heavy atom. The molecule has 3 aromatic carbocycles. The molecule has 0 unspecified atom stereocenters. The first-order valence-corrected chi connectivity index (χ1v) is 9.92. The number of amides is 1. The van der Waals surface area contributed by atoms with Gasteiger partial charge in [-0.2, -0.15) is 0 Å². The minimum atomic E-state index is -0.366. The molecule has 1 heterocycles. The highest BCUT2D eigenvalue weighted by atomic mass is 16.5. The van der Waals surface area contributed by atoms with Gasteiger partial charge in [0.15, 0.2) is 29.6 Å². The molecule has 0 saturated heterocycles. The van der Waals surface area contributed by atoms with Gasteiger partial charge in [0.05, 0.1) is 25.1 Å². The van der Waals surface area contributed by atoms with Crippen molar-refractivity contribution in [2.45, 2.75) is 0 Å². The molecule has 0 fully saturated rings. The molecule has 9 heteroatoms. The van der Waals surface area contributed by atoms with Gasteiger partial charge in [0.2, 0.25) is 5.88 Å². The average Bonchev–Trinajstić information content (AvgIpc) is 2.84. The van der Waals surface area contributed by atoms with E-state index in [4.69, 9.17) is 18.9 Å². The van der Waals surface area contributed by atoms with E-state index in [0.717, 1.165) is 0 Å². The first-order valence-electron chi connectivity index (χ1n) is 9.92. The SMILES string of the molecule is COc1cc2ncnc(Oc3ccc(NC(=O)COc4ccccc4O)cc3)c2cc1OC. The number of phenolic OH excluding ortho intramolecular Hbond substituents is 1. The number of methoxy groups -OCH3 is 2. The second-order valence-corrected chi connectivity index (χ2v) is 6.83. The van der Waals surface area contributed by atoms with E-state index < -0.39 is 0 Å². The Hall–Kier alpha value is -4.53. The second kappa shape index (κ2) is 9.73. The van der Waals surface area contributed by atoms with Crippen LogP contribution in [0.5, 0.6) is 34.6 Å². The van der Waals surface area contributed by atoms with E-state index >= 15 is 0 Å². The molecule has 2 N–H and O–H groups in total. The molecule has 0 spiro atoms. The third kappa shape index (κ3) is 5.04. The first-order chi connectivity index (χ1) is 16.1. The van der Waals surface area contributed by atoms with Crippen molar-refractivity contribution in [3.05, 3.63) is 67.0 Å². The van der Waals surface area contributed by atoms with Crippen LogP contribution in [0.1, 0.15) is 0 Å². The molecule has 1 amide bonds. The minimum Gasteiger partial charge on any atom is -0.504 e. The highest BCUT2D eigenvalue weighted by Crippen LogP contribution is 2.35. The predicted molar refractivity (Wildman–Crippen MR) is 121 cm³/mol. The Balaban J connectivity index is 1.43. The number of aromatic hydroxyl groups is 1. The maximum absolute atomic E-state index is 12.1. The highest BCUT2D eigenvalue weighted by molar-refractivity contribution is 5.92. The summed E-state index contributed by atoms with van der Waals surface area (Å²) in [6.07, 6.45) is 1.41. The number of hydrogen-bond donors (Lipinski definition) is 2. The number of hydrogen-bond acceptors (Lipinski definition) is 8. The molecule has 33 heavy (non-hydrogen) atoms. The first kappa shape index (κ1) is 21.7. The lowest BCUT2D eigenvalue weighted by Gasteiger charge is -2.12. The van der Waals surface area contributed by atoms with Crippen LogP contribution in [-0.4, -0.2) is 41.8 Å². The summed E-state index contributed by atoms with van der Waals surface area (Å²) in [6.45, 7) is -0.242. The number of para-hydroxylation sites is 2. The highest BCUT2D eigenvalue weighted by Gasteiger charge is 2.13. The Bertz CT molecular complexity index is 1280. The molecule has 0 radical (unpaired) electrons. The zero-order valence-electron chi connectivity index (χ0n) is 17.9. The van der Waals surface area contributed by atoms with Gasteiger partial charge in [-0.05, 0) is 42.5 Å². The van der Waals surface area contributed by atoms with Gasteiger partial charge < -0.3 is 29.4 Å². The topological polar surface area (TPSA) is 112 Å². The van der Waals surface area contributed by atoms with Crippen LogP contribution in [0, 0.1) is 0 Å². The van der Waals surface area contributed by atoms with E-state index in [1.54, 1.807) is 68.8 Å². The Kier molecular flexibility index (Phi) is 6.40. The lowest BCUT2D eigenvalue weighted by molar-refractivity contribution is -0.118. The Morgan fingerprint density at radius 1 is 0.939 bits per heavy atom. The largest absolute Gasteiger partial charge is 0.504 e.